The number of ether oxygens (including phenoxy) is 1. The summed E-state index contributed by atoms with van der Waals surface area (Å²) in [6.45, 7) is 4.08. The van der Waals surface area contributed by atoms with E-state index in [0.29, 0.717) is 13.2 Å². The van der Waals surface area contributed by atoms with Crippen molar-refractivity contribution in [3.8, 4) is 0 Å². The minimum absolute atomic E-state index is 0. The number of fused-ring (bicyclic) bond motifs is 1. The molecule has 1 aromatic heterocycles. The molecule has 2 unspecified atom stereocenters. The average Bonchev–Trinajstić information content (AvgIpc) is 2.89. The number of carbonyl (C=O) groups excluding carboxylic acids is 1. The zero-order chi connectivity index (χ0) is 13.9. The highest BCUT2D eigenvalue weighted by Crippen LogP contribution is 2.33. The number of carbonyl (C=O) groups is 1. The molecule has 1 fully saturated rings. The Labute approximate surface area is 135 Å². The van der Waals surface area contributed by atoms with Crippen LogP contribution in [0.2, 0.25) is 0 Å². The van der Waals surface area contributed by atoms with Crippen molar-refractivity contribution in [3.05, 3.63) is 10.6 Å². The SMILES string of the molecule is CCC1CCc2nc(NC(=O)C3COCCN3)sc2C1.Cl. The van der Waals surface area contributed by atoms with Gasteiger partial charge < -0.3 is 15.4 Å². The van der Waals surface area contributed by atoms with Crippen molar-refractivity contribution in [2.24, 2.45) is 5.92 Å². The number of amides is 1. The van der Waals surface area contributed by atoms with Gasteiger partial charge in [0.25, 0.3) is 0 Å². The third kappa shape index (κ3) is 3.94. The minimum Gasteiger partial charge on any atom is -0.378 e. The number of hydrogen-bond acceptors (Lipinski definition) is 5. The van der Waals surface area contributed by atoms with Crippen LogP contribution in [0, 0.1) is 5.92 Å². The lowest BCUT2D eigenvalue weighted by molar-refractivity contribution is -0.120. The van der Waals surface area contributed by atoms with Crippen LogP contribution in [0.15, 0.2) is 0 Å². The van der Waals surface area contributed by atoms with Crippen LogP contribution in [0.4, 0.5) is 5.13 Å². The molecule has 1 amide bonds. The van der Waals surface area contributed by atoms with E-state index in [9.17, 15) is 4.79 Å². The Morgan fingerprint density at radius 1 is 1.57 bits per heavy atom. The molecular weight excluding hydrogens is 310 g/mol. The van der Waals surface area contributed by atoms with Crippen molar-refractivity contribution < 1.29 is 9.53 Å². The molecule has 1 aliphatic carbocycles. The topological polar surface area (TPSA) is 63.2 Å². The Kier molecular flexibility index (Phi) is 5.98. The fourth-order valence-electron chi connectivity index (χ4n) is 2.77. The number of anilines is 1. The second-order valence-corrected chi connectivity index (χ2v) is 6.56. The number of thiazole rings is 1. The summed E-state index contributed by atoms with van der Waals surface area (Å²) < 4.78 is 5.31. The van der Waals surface area contributed by atoms with Gasteiger partial charge in [-0.2, -0.15) is 0 Å². The van der Waals surface area contributed by atoms with Crippen molar-refractivity contribution in [1.29, 1.82) is 0 Å². The van der Waals surface area contributed by atoms with Crippen molar-refractivity contribution in [3.63, 3.8) is 0 Å². The third-order valence-electron chi connectivity index (χ3n) is 4.09. The number of nitrogens with zero attached hydrogens (tertiary/aromatic N) is 1. The molecule has 5 nitrogen and oxygen atoms in total. The second-order valence-electron chi connectivity index (χ2n) is 5.48. The number of rotatable bonds is 3. The molecule has 2 N–H and O–H groups in total. The van der Waals surface area contributed by atoms with E-state index in [2.05, 4.69) is 22.5 Å². The zero-order valence-electron chi connectivity index (χ0n) is 12.2. The van der Waals surface area contributed by atoms with Crippen LogP contribution in [0.3, 0.4) is 0 Å². The van der Waals surface area contributed by atoms with Crippen molar-refractivity contribution >= 4 is 34.8 Å². The van der Waals surface area contributed by atoms with Crippen LogP contribution in [0.25, 0.3) is 0 Å². The van der Waals surface area contributed by atoms with Gasteiger partial charge in [0.1, 0.15) is 6.04 Å². The van der Waals surface area contributed by atoms with Gasteiger partial charge in [-0.15, -0.1) is 23.7 Å². The normalized spacial score (nSPS) is 24.8. The van der Waals surface area contributed by atoms with Gasteiger partial charge in [-0.3, -0.25) is 4.79 Å². The molecule has 2 heterocycles. The molecule has 0 saturated carbocycles. The highest BCUT2D eigenvalue weighted by atomic mass is 35.5. The summed E-state index contributed by atoms with van der Waals surface area (Å²) >= 11 is 1.64. The molecule has 1 saturated heterocycles. The maximum atomic E-state index is 12.1. The summed E-state index contributed by atoms with van der Waals surface area (Å²) in [6.07, 6.45) is 4.61. The minimum atomic E-state index is -0.256. The predicted octanol–water partition coefficient (Wildman–Crippen LogP) is 2.01. The maximum absolute atomic E-state index is 12.1. The van der Waals surface area contributed by atoms with Gasteiger partial charge >= 0.3 is 0 Å². The molecule has 7 heteroatoms. The fraction of sp³-hybridized carbons (Fsp3) is 0.714. The average molecular weight is 332 g/mol. The lowest BCUT2D eigenvalue weighted by Gasteiger charge is -2.22. The molecule has 118 valence electrons. The van der Waals surface area contributed by atoms with Crippen LogP contribution < -0.4 is 10.6 Å². The van der Waals surface area contributed by atoms with E-state index in [1.165, 1.54) is 23.4 Å². The number of aromatic nitrogens is 1. The maximum Gasteiger partial charge on any atom is 0.245 e. The molecule has 0 spiro atoms. The second kappa shape index (κ2) is 7.54. The molecular formula is C14H22ClN3O2S. The largest absolute Gasteiger partial charge is 0.378 e. The lowest BCUT2D eigenvalue weighted by Crippen LogP contribution is -2.48. The van der Waals surface area contributed by atoms with Gasteiger partial charge in [0.05, 0.1) is 18.9 Å². The van der Waals surface area contributed by atoms with E-state index in [4.69, 9.17) is 4.74 Å². The van der Waals surface area contributed by atoms with Crippen molar-refractivity contribution in [2.75, 3.05) is 25.1 Å². The summed E-state index contributed by atoms with van der Waals surface area (Å²) in [6, 6.07) is -0.256. The monoisotopic (exact) mass is 331 g/mol. The van der Waals surface area contributed by atoms with E-state index in [0.717, 1.165) is 30.4 Å². The molecule has 2 aliphatic rings. The van der Waals surface area contributed by atoms with E-state index < -0.39 is 0 Å². The first-order valence-electron chi connectivity index (χ1n) is 7.37. The van der Waals surface area contributed by atoms with Gasteiger partial charge in [-0.1, -0.05) is 13.3 Å². The number of hydrogen-bond donors (Lipinski definition) is 2. The van der Waals surface area contributed by atoms with E-state index in [-0.39, 0.29) is 24.4 Å². The highest BCUT2D eigenvalue weighted by Gasteiger charge is 2.25. The summed E-state index contributed by atoms with van der Waals surface area (Å²) in [4.78, 5) is 18.0. The smallest absolute Gasteiger partial charge is 0.245 e. The standard InChI is InChI=1S/C14H21N3O2S.ClH/c1-2-9-3-4-10-12(7-9)20-14(16-10)17-13(18)11-8-19-6-5-15-11;/h9,11,15H,2-8H2,1H3,(H,16,17,18);1H. The molecule has 2 atom stereocenters. The van der Waals surface area contributed by atoms with Crippen molar-refractivity contribution in [1.82, 2.24) is 10.3 Å². The van der Waals surface area contributed by atoms with Crippen LogP contribution in [0.5, 0.6) is 0 Å². The highest BCUT2D eigenvalue weighted by molar-refractivity contribution is 7.15. The van der Waals surface area contributed by atoms with E-state index in [1.54, 1.807) is 11.3 Å². The Balaban J connectivity index is 0.00000161. The summed E-state index contributed by atoms with van der Waals surface area (Å²) in [5.41, 5.74) is 1.18. The van der Waals surface area contributed by atoms with E-state index in [1.807, 2.05) is 0 Å². The number of nitrogens with one attached hydrogen (secondary N) is 2. The lowest BCUT2D eigenvalue weighted by atomic mass is 9.89. The predicted molar refractivity (Wildman–Crippen MR) is 86.4 cm³/mol. The van der Waals surface area contributed by atoms with Gasteiger partial charge in [-0.25, -0.2) is 4.98 Å². The third-order valence-corrected chi connectivity index (χ3v) is 5.12. The molecule has 0 bridgehead atoms. The Hall–Kier alpha value is -0.690. The van der Waals surface area contributed by atoms with Gasteiger partial charge in [0.2, 0.25) is 5.91 Å². The first-order chi connectivity index (χ1) is 9.76. The number of aryl methyl sites for hydroxylation is 1. The molecule has 0 aromatic carbocycles. The number of halogens is 1. The van der Waals surface area contributed by atoms with Gasteiger partial charge in [-0.05, 0) is 25.2 Å². The summed E-state index contributed by atoms with van der Waals surface area (Å²) in [5.74, 6) is 0.739. The molecule has 1 aliphatic heterocycles. The summed E-state index contributed by atoms with van der Waals surface area (Å²) in [7, 11) is 0. The number of morpholine rings is 1. The molecule has 0 radical (unpaired) electrons. The fourth-order valence-corrected chi connectivity index (χ4v) is 3.90. The van der Waals surface area contributed by atoms with Gasteiger partial charge in [0.15, 0.2) is 5.13 Å². The van der Waals surface area contributed by atoms with Crippen molar-refractivity contribution in [2.45, 2.75) is 38.6 Å². The van der Waals surface area contributed by atoms with E-state index >= 15 is 0 Å². The molecule has 3 rings (SSSR count). The Morgan fingerprint density at radius 2 is 2.43 bits per heavy atom. The van der Waals surface area contributed by atoms with Crippen LogP contribution in [0.1, 0.15) is 30.3 Å². The van der Waals surface area contributed by atoms with Crippen LogP contribution in [-0.2, 0) is 22.4 Å². The van der Waals surface area contributed by atoms with Gasteiger partial charge in [0, 0.05) is 11.4 Å². The first-order valence-corrected chi connectivity index (χ1v) is 8.18. The molecule has 1 aromatic rings. The van der Waals surface area contributed by atoms with Crippen LogP contribution >= 0.6 is 23.7 Å². The Morgan fingerprint density at radius 3 is 3.14 bits per heavy atom. The zero-order valence-corrected chi connectivity index (χ0v) is 13.8. The summed E-state index contributed by atoms with van der Waals surface area (Å²) in [5, 5.41) is 6.82. The Bertz CT molecular complexity index is 489. The first kappa shape index (κ1) is 16.7. The van der Waals surface area contributed by atoms with Crippen LogP contribution in [-0.4, -0.2) is 36.7 Å². The molecule has 21 heavy (non-hydrogen) atoms. The quantitative estimate of drug-likeness (QED) is 0.889.